The van der Waals surface area contributed by atoms with Gasteiger partial charge >= 0.3 is 0 Å². The van der Waals surface area contributed by atoms with E-state index in [1.54, 1.807) is 7.05 Å². The Bertz CT molecular complexity index is 181. The lowest BCUT2D eigenvalue weighted by Crippen LogP contribution is -2.39. The summed E-state index contributed by atoms with van der Waals surface area (Å²) in [5.74, 6) is 0.804. The van der Waals surface area contributed by atoms with Gasteiger partial charge in [-0.15, -0.1) is 0 Å². The molecular formula is C10H20N2OS. The Morgan fingerprint density at radius 1 is 1.57 bits per heavy atom. The van der Waals surface area contributed by atoms with Crippen LogP contribution >= 0.6 is 11.8 Å². The molecular weight excluding hydrogens is 196 g/mol. The molecule has 3 N–H and O–H groups in total. The monoisotopic (exact) mass is 216 g/mol. The quantitative estimate of drug-likeness (QED) is 0.699. The Morgan fingerprint density at radius 3 is 2.71 bits per heavy atom. The number of carbonyl (C=O) groups is 1. The van der Waals surface area contributed by atoms with Gasteiger partial charge in [0.1, 0.15) is 0 Å². The summed E-state index contributed by atoms with van der Waals surface area (Å²) in [4.78, 5) is 10.9. The smallest absolute Gasteiger partial charge is 0.234 e. The second kappa shape index (κ2) is 6.30. The molecule has 1 atom stereocenters. The summed E-state index contributed by atoms with van der Waals surface area (Å²) < 4.78 is 0. The van der Waals surface area contributed by atoms with Crippen molar-refractivity contribution in [1.82, 2.24) is 5.32 Å². The van der Waals surface area contributed by atoms with Crippen LogP contribution in [0.1, 0.15) is 32.1 Å². The van der Waals surface area contributed by atoms with Crippen molar-refractivity contribution in [2.45, 2.75) is 43.4 Å². The largest absolute Gasteiger partial charge is 0.368 e. The molecule has 4 heteroatoms. The predicted molar refractivity (Wildman–Crippen MR) is 61.4 cm³/mol. The average molecular weight is 216 g/mol. The SMILES string of the molecule is CNC(CCSC1CCCC1)C(N)=O. The first-order chi connectivity index (χ1) is 6.74. The van der Waals surface area contributed by atoms with Gasteiger partial charge in [-0.1, -0.05) is 12.8 Å². The molecule has 1 aliphatic rings. The number of hydrogen-bond donors (Lipinski definition) is 2. The van der Waals surface area contributed by atoms with Gasteiger partial charge in [0.05, 0.1) is 6.04 Å². The van der Waals surface area contributed by atoms with Crippen LogP contribution in [0.15, 0.2) is 0 Å². The van der Waals surface area contributed by atoms with Gasteiger partial charge in [-0.3, -0.25) is 4.79 Å². The number of nitrogens with two attached hydrogens (primary N) is 1. The molecule has 0 radical (unpaired) electrons. The topological polar surface area (TPSA) is 55.1 Å². The van der Waals surface area contributed by atoms with Gasteiger partial charge in [0.15, 0.2) is 0 Å². The second-order valence-electron chi connectivity index (χ2n) is 3.81. The molecule has 1 unspecified atom stereocenters. The zero-order chi connectivity index (χ0) is 10.4. The molecule has 1 saturated carbocycles. The average Bonchev–Trinajstić information content (AvgIpc) is 2.64. The Kier molecular flexibility index (Phi) is 5.33. The molecule has 0 saturated heterocycles. The summed E-state index contributed by atoms with van der Waals surface area (Å²) in [6.45, 7) is 0. The van der Waals surface area contributed by atoms with Gasteiger partial charge in [0, 0.05) is 5.25 Å². The van der Waals surface area contributed by atoms with E-state index in [4.69, 9.17) is 5.73 Å². The van der Waals surface area contributed by atoms with Crippen LogP contribution in [0, 0.1) is 0 Å². The number of hydrogen-bond acceptors (Lipinski definition) is 3. The number of rotatable bonds is 6. The van der Waals surface area contributed by atoms with Crippen molar-refractivity contribution in [1.29, 1.82) is 0 Å². The van der Waals surface area contributed by atoms with Crippen LogP contribution < -0.4 is 11.1 Å². The van der Waals surface area contributed by atoms with Crippen molar-refractivity contribution in [2.75, 3.05) is 12.8 Å². The third-order valence-electron chi connectivity index (χ3n) is 2.75. The molecule has 0 aromatic rings. The molecule has 0 aliphatic heterocycles. The van der Waals surface area contributed by atoms with Gasteiger partial charge in [0.25, 0.3) is 0 Å². The van der Waals surface area contributed by atoms with Crippen LogP contribution in [0.4, 0.5) is 0 Å². The predicted octanol–water partition coefficient (Wildman–Crippen LogP) is 1.13. The Balaban J connectivity index is 2.09. The Labute approximate surface area is 90.2 Å². The molecule has 1 aliphatic carbocycles. The molecule has 3 nitrogen and oxygen atoms in total. The minimum atomic E-state index is -0.237. The van der Waals surface area contributed by atoms with E-state index < -0.39 is 0 Å². The Hall–Kier alpha value is -0.220. The van der Waals surface area contributed by atoms with Crippen molar-refractivity contribution >= 4 is 17.7 Å². The second-order valence-corrected chi connectivity index (χ2v) is 5.22. The van der Waals surface area contributed by atoms with E-state index in [0.717, 1.165) is 17.4 Å². The fraction of sp³-hybridized carbons (Fsp3) is 0.900. The van der Waals surface area contributed by atoms with E-state index >= 15 is 0 Å². The van der Waals surface area contributed by atoms with Crippen LogP contribution in [-0.2, 0) is 4.79 Å². The van der Waals surface area contributed by atoms with E-state index in [1.165, 1.54) is 25.7 Å². The molecule has 82 valence electrons. The third kappa shape index (κ3) is 3.88. The number of primary amides is 1. The molecule has 0 bridgehead atoms. The van der Waals surface area contributed by atoms with Crippen molar-refractivity contribution in [2.24, 2.45) is 5.73 Å². The van der Waals surface area contributed by atoms with Gasteiger partial charge in [-0.05, 0) is 32.1 Å². The van der Waals surface area contributed by atoms with Gasteiger partial charge < -0.3 is 11.1 Å². The molecule has 0 aromatic heterocycles. The van der Waals surface area contributed by atoms with Gasteiger partial charge in [-0.25, -0.2) is 0 Å². The number of thioether (sulfide) groups is 1. The molecule has 0 aromatic carbocycles. The molecule has 1 amide bonds. The summed E-state index contributed by atoms with van der Waals surface area (Å²) in [6.07, 6.45) is 6.32. The summed E-state index contributed by atoms with van der Waals surface area (Å²) in [7, 11) is 1.79. The standard InChI is InChI=1S/C10H20N2OS/c1-12-9(10(11)13)6-7-14-8-4-2-3-5-8/h8-9,12H,2-7H2,1H3,(H2,11,13). The van der Waals surface area contributed by atoms with Gasteiger partial charge in [-0.2, -0.15) is 11.8 Å². The third-order valence-corrected chi connectivity index (χ3v) is 4.17. The zero-order valence-electron chi connectivity index (χ0n) is 8.79. The van der Waals surface area contributed by atoms with Crippen molar-refractivity contribution < 1.29 is 4.79 Å². The summed E-state index contributed by atoms with van der Waals surface area (Å²) in [5, 5.41) is 3.77. The van der Waals surface area contributed by atoms with E-state index in [9.17, 15) is 4.79 Å². The first-order valence-corrected chi connectivity index (χ1v) is 6.37. The molecule has 0 spiro atoms. The maximum Gasteiger partial charge on any atom is 0.234 e. The molecule has 14 heavy (non-hydrogen) atoms. The van der Waals surface area contributed by atoms with E-state index in [0.29, 0.717) is 0 Å². The fourth-order valence-corrected chi connectivity index (χ4v) is 3.21. The lowest BCUT2D eigenvalue weighted by atomic mass is 10.2. The normalized spacial score (nSPS) is 19.8. The fourth-order valence-electron chi connectivity index (χ4n) is 1.84. The van der Waals surface area contributed by atoms with Crippen molar-refractivity contribution in [3.05, 3.63) is 0 Å². The lowest BCUT2D eigenvalue weighted by molar-refractivity contribution is -0.119. The summed E-state index contributed by atoms with van der Waals surface area (Å²) >= 11 is 2.00. The summed E-state index contributed by atoms with van der Waals surface area (Å²) in [5.41, 5.74) is 5.23. The van der Waals surface area contributed by atoms with E-state index in [2.05, 4.69) is 5.32 Å². The lowest BCUT2D eigenvalue weighted by Gasteiger charge is -2.13. The van der Waals surface area contributed by atoms with Crippen molar-refractivity contribution in [3.8, 4) is 0 Å². The minimum Gasteiger partial charge on any atom is -0.368 e. The van der Waals surface area contributed by atoms with E-state index in [-0.39, 0.29) is 11.9 Å². The first-order valence-electron chi connectivity index (χ1n) is 5.32. The van der Waals surface area contributed by atoms with Crippen LogP contribution in [0.3, 0.4) is 0 Å². The highest BCUT2D eigenvalue weighted by molar-refractivity contribution is 7.99. The number of nitrogens with one attached hydrogen (secondary N) is 1. The van der Waals surface area contributed by atoms with Gasteiger partial charge in [0.2, 0.25) is 5.91 Å². The first kappa shape index (κ1) is 11.9. The maximum atomic E-state index is 10.9. The van der Waals surface area contributed by atoms with Crippen LogP contribution in [-0.4, -0.2) is 30.0 Å². The molecule has 1 fully saturated rings. The zero-order valence-corrected chi connectivity index (χ0v) is 9.61. The number of carbonyl (C=O) groups excluding carboxylic acids is 1. The minimum absolute atomic E-state index is 0.149. The van der Waals surface area contributed by atoms with Crippen LogP contribution in [0.5, 0.6) is 0 Å². The molecule has 1 rings (SSSR count). The molecule has 0 heterocycles. The highest BCUT2D eigenvalue weighted by atomic mass is 32.2. The summed E-state index contributed by atoms with van der Waals surface area (Å²) in [6, 6.07) is -0.149. The Morgan fingerprint density at radius 2 is 2.21 bits per heavy atom. The number of likely N-dealkylation sites (N-methyl/N-ethyl adjacent to an activating group) is 1. The van der Waals surface area contributed by atoms with Crippen molar-refractivity contribution in [3.63, 3.8) is 0 Å². The highest BCUT2D eigenvalue weighted by Gasteiger charge is 2.17. The van der Waals surface area contributed by atoms with Crippen LogP contribution in [0.2, 0.25) is 0 Å². The highest BCUT2D eigenvalue weighted by Crippen LogP contribution is 2.29. The maximum absolute atomic E-state index is 10.9. The number of amides is 1. The van der Waals surface area contributed by atoms with Crippen LogP contribution in [0.25, 0.3) is 0 Å². The van der Waals surface area contributed by atoms with E-state index in [1.807, 2.05) is 11.8 Å².